The highest BCUT2D eigenvalue weighted by molar-refractivity contribution is 6.30. The third-order valence-corrected chi connectivity index (χ3v) is 5.75. The fourth-order valence-electron chi connectivity index (χ4n) is 3.89. The van der Waals surface area contributed by atoms with E-state index in [4.69, 9.17) is 11.6 Å². The van der Waals surface area contributed by atoms with Gasteiger partial charge in [-0.25, -0.2) is 0 Å². The number of carbonyl (C=O) groups is 2. The molecule has 2 aromatic carbocycles. The standard InChI is InChI=1S/C22H24ClN3O2/c23-19-5-3-4-18(16-19)22(28)26-14-12-25(13-15-26)21(27)17-6-8-20(9-7-17)24-10-1-2-11-24/h3-9,16H,1-2,10-15H2. The molecule has 2 amide bonds. The highest BCUT2D eigenvalue weighted by Crippen LogP contribution is 2.21. The zero-order chi connectivity index (χ0) is 19.5. The van der Waals surface area contributed by atoms with E-state index in [-0.39, 0.29) is 11.8 Å². The lowest BCUT2D eigenvalue weighted by Gasteiger charge is -2.35. The summed E-state index contributed by atoms with van der Waals surface area (Å²) in [6.07, 6.45) is 2.47. The Morgan fingerprint density at radius 2 is 1.29 bits per heavy atom. The van der Waals surface area contributed by atoms with Gasteiger partial charge in [0.1, 0.15) is 0 Å². The first-order valence-corrected chi connectivity index (χ1v) is 10.2. The van der Waals surface area contributed by atoms with Gasteiger partial charge in [-0.1, -0.05) is 17.7 Å². The molecule has 0 aliphatic carbocycles. The summed E-state index contributed by atoms with van der Waals surface area (Å²) in [6, 6.07) is 14.9. The van der Waals surface area contributed by atoms with Gasteiger partial charge in [0.2, 0.25) is 0 Å². The Labute approximate surface area is 170 Å². The number of nitrogens with zero attached hydrogens (tertiary/aromatic N) is 3. The number of benzene rings is 2. The molecule has 0 spiro atoms. The summed E-state index contributed by atoms with van der Waals surface area (Å²) in [7, 11) is 0. The molecule has 2 saturated heterocycles. The van der Waals surface area contributed by atoms with E-state index in [1.807, 2.05) is 29.2 Å². The summed E-state index contributed by atoms with van der Waals surface area (Å²) in [5.74, 6) is -0.00704. The lowest BCUT2D eigenvalue weighted by molar-refractivity contribution is 0.0535. The van der Waals surface area contributed by atoms with E-state index >= 15 is 0 Å². The third-order valence-electron chi connectivity index (χ3n) is 5.51. The fourth-order valence-corrected chi connectivity index (χ4v) is 4.08. The predicted octanol–water partition coefficient (Wildman–Crippen LogP) is 3.54. The smallest absolute Gasteiger partial charge is 0.254 e. The molecule has 4 rings (SSSR count). The van der Waals surface area contributed by atoms with Crippen LogP contribution >= 0.6 is 11.6 Å². The van der Waals surface area contributed by atoms with Crippen LogP contribution in [0.1, 0.15) is 33.6 Å². The minimum Gasteiger partial charge on any atom is -0.372 e. The summed E-state index contributed by atoms with van der Waals surface area (Å²) >= 11 is 5.99. The number of piperazine rings is 1. The molecule has 2 aromatic rings. The Balaban J connectivity index is 1.35. The maximum absolute atomic E-state index is 12.8. The minimum absolute atomic E-state index is 0.0304. The van der Waals surface area contributed by atoms with Crippen LogP contribution in [0.4, 0.5) is 5.69 Å². The number of amides is 2. The van der Waals surface area contributed by atoms with Gasteiger partial charge in [-0.05, 0) is 55.3 Å². The Hall–Kier alpha value is -2.53. The molecule has 2 aliphatic heterocycles. The van der Waals surface area contributed by atoms with Crippen LogP contribution in [-0.2, 0) is 0 Å². The van der Waals surface area contributed by atoms with Gasteiger partial charge >= 0.3 is 0 Å². The number of hydrogen-bond donors (Lipinski definition) is 0. The van der Waals surface area contributed by atoms with Crippen LogP contribution in [0.15, 0.2) is 48.5 Å². The van der Waals surface area contributed by atoms with Gasteiger partial charge in [0.15, 0.2) is 0 Å². The van der Waals surface area contributed by atoms with Crippen molar-refractivity contribution in [2.24, 2.45) is 0 Å². The Morgan fingerprint density at radius 3 is 1.86 bits per heavy atom. The molecule has 2 heterocycles. The summed E-state index contributed by atoms with van der Waals surface area (Å²) in [5, 5.41) is 0.553. The van der Waals surface area contributed by atoms with Gasteiger partial charge < -0.3 is 14.7 Å². The highest BCUT2D eigenvalue weighted by Gasteiger charge is 2.25. The van der Waals surface area contributed by atoms with Crippen molar-refractivity contribution in [1.82, 2.24) is 9.80 Å². The average molecular weight is 398 g/mol. The number of hydrogen-bond acceptors (Lipinski definition) is 3. The van der Waals surface area contributed by atoms with Crippen molar-refractivity contribution in [2.45, 2.75) is 12.8 Å². The summed E-state index contributed by atoms with van der Waals surface area (Å²) in [4.78, 5) is 31.4. The summed E-state index contributed by atoms with van der Waals surface area (Å²) in [5.41, 5.74) is 2.48. The molecule has 0 aromatic heterocycles. The van der Waals surface area contributed by atoms with Crippen LogP contribution in [0.3, 0.4) is 0 Å². The van der Waals surface area contributed by atoms with Crippen molar-refractivity contribution in [3.63, 3.8) is 0 Å². The second-order valence-electron chi connectivity index (χ2n) is 7.34. The van der Waals surface area contributed by atoms with Gasteiger partial charge in [0, 0.05) is 61.1 Å². The van der Waals surface area contributed by atoms with E-state index in [9.17, 15) is 9.59 Å². The quantitative estimate of drug-likeness (QED) is 0.795. The van der Waals surface area contributed by atoms with E-state index in [0.717, 1.165) is 13.1 Å². The molecule has 0 saturated carbocycles. The Kier molecular flexibility index (Phi) is 5.53. The number of rotatable bonds is 3. The largest absolute Gasteiger partial charge is 0.372 e. The van der Waals surface area contributed by atoms with Crippen LogP contribution in [0, 0.1) is 0 Å². The van der Waals surface area contributed by atoms with Crippen molar-refractivity contribution in [3.05, 3.63) is 64.7 Å². The van der Waals surface area contributed by atoms with E-state index in [2.05, 4.69) is 4.90 Å². The SMILES string of the molecule is O=C(c1ccc(N2CCCC2)cc1)N1CCN(C(=O)c2cccc(Cl)c2)CC1. The highest BCUT2D eigenvalue weighted by atomic mass is 35.5. The van der Waals surface area contributed by atoms with Crippen molar-refractivity contribution < 1.29 is 9.59 Å². The zero-order valence-corrected chi connectivity index (χ0v) is 16.6. The normalized spacial score (nSPS) is 17.1. The molecule has 146 valence electrons. The lowest BCUT2D eigenvalue weighted by atomic mass is 10.1. The van der Waals surface area contributed by atoms with Crippen molar-refractivity contribution in [2.75, 3.05) is 44.2 Å². The van der Waals surface area contributed by atoms with Crippen molar-refractivity contribution >= 4 is 29.1 Å². The predicted molar refractivity (Wildman–Crippen MR) is 111 cm³/mol. The van der Waals surface area contributed by atoms with Crippen LogP contribution in [0.2, 0.25) is 5.02 Å². The number of carbonyl (C=O) groups excluding carboxylic acids is 2. The van der Waals surface area contributed by atoms with Crippen LogP contribution < -0.4 is 4.90 Å². The van der Waals surface area contributed by atoms with Crippen LogP contribution in [-0.4, -0.2) is 60.9 Å². The van der Waals surface area contributed by atoms with Gasteiger partial charge in [-0.3, -0.25) is 9.59 Å². The lowest BCUT2D eigenvalue weighted by Crippen LogP contribution is -2.50. The monoisotopic (exact) mass is 397 g/mol. The topological polar surface area (TPSA) is 43.9 Å². The molecule has 0 unspecified atom stereocenters. The van der Waals surface area contributed by atoms with Crippen LogP contribution in [0.25, 0.3) is 0 Å². The summed E-state index contributed by atoms with van der Waals surface area (Å²) in [6.45, 7) is 4.33. The molecule has 6 heteroatoms. The van der Waals surface area contributed by atoms with Crippen molar-refractivity contribution in [1.29, 1.82) is 0 Å². The molecule has 0 atom stereocenters. The molecule has 2 aliphatic rings. The van der Waals surface area contributed by atoms with E-state index in [0.29, 0.717) is 42.3 Å². The van der Waals surface area contributed by atoms with Crippen molar-refractivity contribution in [3.8, 4) is 0 Å². The number of halogens is 1. The van der Waals surface area contributed by atoms with E-state index < -0.39 is 0 Å². The van der Waals surface area contributed by atoms with E-state index in [1.54, 1.807) is 29.2 Å². The molecule has 0 bridgehead atoms. The Morgan fingerprint density at radius 1 is 0.714 bits per heavy atom. The molecule has 0 N–H and O–H groups in total. The Bertz CT molecular complexity index is 854. The molecular formula is C22H24ClN3O2. The second kappa shape index (κ2) is 8.23. The second-order valence-corrected chi connectivity index (χ2v) is 7.77. The summed E-state index contributed by atoms with van der Waals surface area (Å²) < 4.78 is 0. The fraction of sp³-hybridized carbons (Fsp3) is 0.364. The molecule has 0 radical (unpaired) electrons. The molecule has 5 nitrogen and oxygen atoms in total. The first-order valence-electron chi connectivity index (χ1n) is 9.81. The molecule has 2 fully saturated rings. The van der Waals surface area contributed by atoms with E-state index in [1.165, 1.54) is 18.5 Å². The minimum atomic E-state index is -0.0374. The van der Waals surface area contributed by atoms with Gasteiger partial charge in [0.25, 0.3) is 11.8 Å². The van der Waals surface area contributed by atoms with Gasteiger partial charge in [-0.15, -0.1) is 0 Å². The molecule has 28 heavy (non-hydrogen) atoms. The van der Waals surface area contributed by atoms with Gasteiger partial charge in [0.05, 0.1) is 0 Å². The number of anilines is 1. The first kappa shape index (κ1) is 18.8. The zero-order valence-electron chi connectivity index (χ0n) is 15.8. The first-order chi connectivity index (χ1) is 13.6. The molecular weight excluding hydrogens is 374 g/mol. The van der Waals surface area contributed by atoms with Crippen LogP contribution in [0.5, 0.6) is 0 Å². The maximum Gasteiger partial charge on any atom is 0.254 e. The average Bonchev–Trinajstić information content (AvgIpc) is 3.28. The van der Waals surface area contributed by atoms with Gasteiger partial charge in [-0.2, -0.15) is 0 Å². The maximum atomic E-state index is 12.8. The third kappa shape index (κ3) is 3.99.